The molecule has 0 unspecified atom stereocenters. The maximum atomic E-state index is 11.8. The van der Waals surface area contributed by atoms with Crippen LogP contribution in [0.3, 0.4) is 0 Å². The van der Waals surface area contributed by atoms with Gasteiger partial charge in [0.1, 0.15) is 6.54 Å². The van der Waals surface area contributed by atoms with Crippen LogP contribution in [0.1, 0.15) is 19.8 Å². The van der Waals surface area contributed by atoms with Crippen LogP contribution in [0.5, 0.6) is 0 Å². The van der Waals surface area contributed by atoms with Crippen molar-refractivity contribution in [3.63, 3.8) is 0 Å². The summed E-state index contributed by atoms with van der Waals surface area (Å²) in [4.78, 5) is 24.9. The van der Waals surface area contributed by atoms with Gasteiger partial charge in [-0.2, -0.15) is 5.26 Å². The van der Waals surface area contributed by atoms with Crippen LogP contribution < -0.4 is 0 Å². The Hall–Kier alpha value is -1.77. The van der Waals surface area contributed by atoms with E-state index in [4.69, 9.17) is 10.4 Å². The number of aliphatic carboxylic acids is 1. The lowest BCUT2D eigenvalue weighted by Crippen LogP contribution is -2.44. The largest absolute Gasteiger partial charge is 0.480 e. The standard InChI is InChI=1S/C10H17N3O3/c1-3-6-13(8-9(14)15)10(16)12(2)7-4-5-11/h3-4,6-8H2,1-2H3,(H,14,15). The monoisotopic (exact) mass is 227 g/mol. The number of urea groups is 1. The van der Waals surface area contributed by atoms with Crippen molar-refractivity contribution in [1.82, 2.24) is 9.80 Å². The van der Waals surface area contributed by atoms with Crippen molar-refractivity contribution in [2.75, 3.05) is 26.7 Å². The van der Waals surface area contributed by atoms with Crippen LogP contribution in [0.4, 0.5) is 4.79 Å². The van der Waals surface area contributed by atoms with Gasteiger partial charge in [0, 0.05) is 20.1 Å². The molecule has 2 amide bonds. The zero-order valence-corrected chi connectivity index (χ0v) is 9.64. The second-order valence-corrected chi connectivity index (χ2v) is 3.43. The van der Waals surface area contributed by atoms with Gasteiger partial charge in [0.05, 0.1) is 12.5 Å². The number of hydrogen-bond donors (Lipinski definition) is 1. The van der Waals surface area contributed by atoms with Gasteiger partial charge in [-0.05, 0) is 6.42 Å². The number of carboxylic acids is 1. The molecule has 90 valence electrons. The molecule has 0 atom stereocenters. The van der Waals surface area contributed by atoms with Gasteiger partial charge in [-0.25, -0.2) is 4.79 Å². The van der Waals surface area contributed by atoms with Crippen LogP contribution in [0, 0.1) is 11.3 Å². The molecule has 0 rings (SSSR count). The van der Waals surface area contributed by atoms with Crippen molar-refractivity contribution in [1.29, 1.82) is 5.26 Å². The molecule has 6 nitrogen and oxygen atoms in total. The highest BCUT2D eigenvalue weighted by Gasteiger charge is 2.19. The van der Waals surface area contributed by atoms with Crippen LogP contribution in [0.15, 0.2) is 0 Å². The van der Waals surface area contributed by atoms with E-state index in [2.05, 4.69) is 0 Å². The topological polar surface area (TPSA) is 84.6 Å². The van der Waals surface area contributed by atoms with Crippen molar-refractivity contribution < 1.29 is 14.7 Å². The lowest BCUT2D eigenvalue weighted by atomic mass is 10.4. The number of hydrogen-bond acceptors (Lipinski definition) is 3. The Morgan fingerprint density at radius 2 is 2.00 bits per heavy atom. The third-order valence-electron chi connectivity index (χ3n) is 1.98. The van der Waals surface area contributed by atoms with E-state index in [0.717, 1.165) is 0 Å². The van der Waals surface area contributed by atoms with Gasteiger partial charge in [-0.1, -0.05) is 6.92 Å². The first kappa shape index (κ1) is 14.2. The molecule has 0 saturated heterocycles. The molecule has 0 bridgehead atoms. The molecule has 0 fully saturated rings. The van der Waals surface area contributed by atoms with E-state index in [1.807, 2.05) is 13.0 Å². The first-order valence-corrected chi connectivity index (χ1v) is 5.11. The quantitative estimate of drug-likeness (QED) is 0.725. The fourth-order valence-corrected chi connectivity index (χ4v) is 1.23. The fraction of sp³-hybridized carbons (Fsp3) is 0.700. The third kappa shape index (κ3) is 5.20. The minimum Gasteiger partial charge on any atom is -0.480 e. The Morgan fingerprint density at radius 3 is 2.44 bits per heavy atom. The van der Waals surface area contributed by atoms with Crippen molar-refractivity contribution >= 4 is 12.0 Å². The predicted molar refractivity (Wildman–Crippen MR) is 57.8 cm³/mol. The second kappa shape index (κ2) is 7.51. The Labute approximate surface area is 95.1 Å². The van der Waals surface area contributed by atoms with Crippen molar-refractivity contribution in [2.45, 2.75) is 19.8 Å². The molecule has 0 heterocycles. The van der Waals surface area contributed by atoms with Crippen LogP contribution in [-0.4, -0.2) is 53.6 Å². The molecule has 0 aliphatic carbocycles. The van der Waals surface area contributed by atoms with Crippen LogP contribution in [0.25, 0.3) is 0 Å². The van der Waals surface area contributed by atoms with E-state index in [0.29, 0.717) is 19.5 Å². The Bertz CT molecular complexity index is 286. The average Bonchev–Trinajstić information content (AvgIpc) is 2.23. The van der Waals surface area contributed by atoms with Crippen LogP contribution >= 0.6 is 0 Å². The average molecular weight is 227 g/mol. The molecular formula is C10H17N3O3. The van der Waals surface area contributed by atoms with Crippen molar-refractivity contribution in [2.24, 2.45) is 0 Å². The van der Waals surface area contributed by atoms with Gasteiger partial charge in [-0.3, -0.25) is 4.79 Å². The van der Waals surface area contributed by atoms with Gasteiger partial charge in [-0.15, -0.1) is 0 Å². The molecule has 16 heavy (non-hydrogen) atoms. The summed E-state index contributed by atoms with van der Waals surface area (Å²) in [7, 11) is 1.56. The summed E-state index contributed by atoms with van der Waals surface area (Å²) < 4.78 is 0. The molecule has 0 aliphatic rings. The lowest BCUT2D eigenvalue weighted by molar-refractivity contribution is -0.137. The molecule has 0 radical (unpaired) electrons. The number of carbonyl (C=O) groups excluding carboxylic acids is 1. The number of rotatable bonds is 6. The second-order valence-electron chi connectivity index (χ2n) is 3.43. The van der Waals surface area contributed by atoms with E-state index < -0.39 is 5.97 Å². The van der Waals surface area contributed by atoms with E-state index in [1.54, 1.807) is 7.05 Å². The summed E-state index contributed by atoms with van der Waals surface area (Å²) in [5.41, 5.74) is 0. The molecule has 0 aromatic rings. The summed E-state index contributed by atoms with van der Waals surface area (Å²) in [6.07, 6.45) is 0.945. The summed E-state index contributed by atoms with van der Waals surface area (Å²) in [5, 5.41) is 17.0. The molecular weight excluding hydrogens is 210 g/mol. The maximum absolute atomic E-state index is 11.8. The highest BCUT2D eigenvalue weighted by atomic mass is 16.4. The SMILES string of the molecule is CCCN(CC(=O)O)C(=O)N(C)CCC#N. The third-order valence-corrected chi connectivity index (χ3v) is 1.98. The summed E-state index contributed by atoms with van der Waals surface area (Å²) >= 11 is 0. The Morgan fingerprint density at radius 1 is 1.38 bits per heavy atom. The Kier molecular flexibility index (Phi) is 6.68. The van der Waals surface area contributed by atoms with Gasteiger partial charge in [0.25, 0.3) is 0 Å². The van der Waals surface area contributed by atoms with Crippen molar-refractivity contribution in [3.8, 4) is 6.07 Å². The van der Waals surface area contributed by atoms with Gasteiger partial charge in [0.15, 0.2) is 0 Å². The molecule has 6 heteroatoms. The van der Waals surface area contributed by atoms with Crippen LogP contribution in [0.2, 0.25) is 0 Å². The van der Waals surface area contributed by atoms with E-state index in [1.165, 1.54) is 9.80 Å². The van der Waals surface area contributed by atoms with E-state index >= 15 is 0 Å². The first-order chi connectivity index (χ1) is 7.52. The Balaban J connectivity index is 4.36. The number of nitriles is 1. The van der Waals surface area contributed by atoms with Gasteiger partial charge < -0.3 is 14.9 Å². The number of carbonyl (C=O) groups is 2. The molecule has 0 aromatic heterocycles. The minimum atomic E-state index is -1.03. The normalized spacial score (nSPS) is 9.31. The highest BCUT2D eigenvalue weighted by molar-refractivity contribution is 5.80. The number of nitrogens with zero attached hydrogens (tertiary/aromatic N) is 3. The van der Waals surface area contributed by atoms with Gasteiger partial charge >= 0.3 is 12.0 Å². The molecule has 0 saturated carbocycles. The first-order valence-electron chi connectivity index (χ1n) is 5.11. The van der Waals surface area contributed by atoms with Gasteiger partial charge in [0.2, 0.25) is 0 Å². The smallest absolute Gasteiger partial charge is 0.323 e. The number of amides is 2. The fourth-order valence-electron chi connectivity index (χ4n) is 1.23. The molecule has 0 aliphatic heterocycles. The minimum absolute atomic E-state index is 0.245. The lowest BCUT2D eigenvalue weighted by Gasteiger charge is -2.26. The molecule has 1 N–H and O–H groups in total. The van der Waals surface area contributed by atoms with E-state index in [-0.39, 0.29) is 19.0 Å². The summed E-state index contributed by atoms with van der Waals surface area (Å²) in [6, 6.07) is 1.59. The predicted octanol–water partition coefficient (Wildman–Crippen LogP) is 0.748. The van der Waals surface area contributed by atoms with Crippen LogP contribution in [-0.2, 0) is 4.79 Å². The summed E-state index contributed by atoms with van der Waals surface area (Å²) in [5.74, 6) is -1.03. The zero-order valence-electron chi connectivity index (χ0n) is 9.64. The van der Waals surface area contributed by atoms with E-state index in [9.17, 15) is 9.59 Å². The molecule has 0 aromatic carbocycles. The number of carboxylic acid groups (broad SMARTS) is 1. The van der Waals surface area contributed by atoms with Crippen molar-refractivity contribution in [3.05, 3.63) is 0 Å². The molecule has 0 spiro atoms. The highest BCUT2D eigenvalue weighted by Crippen LogP contribution is 1.99. The zero-order chi connectivity index (χ0) is 12.6. The maximum Gasteiger partial charge on any atom is 0.323 e. The summed E-state index contributed by atoms with van der Waals surface area (Å²) in [6.45, 7) is 2.29.